The van der Waals surface area contributed by atoms with Crippen LogP contribution in [0.2, 0.25) is 5.02 Å². The van der Waals surface area contributed by atoms with Gasteiger partial charge in [0.05, 0.1) is 15.8 Å². The Morgan fingerprint density at radius 2 is 1.72 bits per heavy atom. The van der Waals surface area contributed by atoms with E-state index in [0.29, 0.717) is 27.0 Å². The second-order valence-electron chi connectivity index (χ2n) is 4.55. The lowest BCUT2D eigenvalue weighted by Gasteiger charge is -2.04. The van der Waals surface area contributed by atoms with Crippen molar-refractivity contribution in [3.05, 3.63) is 56.7 Å². The van der Waals surface area contributed by atoms with Gasteiger partial charge in [-0.1, -0.05) is 23.2 Å². The summed E-state index contributed by atoms with van der Waals surface area (Å²) in [6.07, 6.45) is 0. The van der Waals surface area contributed by atoms with E-state index < -0.39 is 0 Å². The number of hydrogen-bond donors (Lipinski definition) is 0. The molecule has 2 nitrogen and oxygen atoms in total. The fourth-order valence-corrected chi connectivity index (χ4v) is 2.48. The van der Waals surface area contributed by atoms with Gasteiger partial charge >= 0.3 is 0 Å². The Kier molecular flexibility index (Phi) is 2.42. The summed E-state index contributed by atoms with van der Waals surface area (Å²) in [6, 6.07) is 9.18. The van der Waals surface area contributed by atoms with E-state index in [2.05, 4.69) is 0 Å². The largest absolute Gasteiger partial charge is 0.454 e. The van der Waals surface area contributed by atoms with Crippen molar-refractivity contribution in [1.29, 1.82) is 0 Å². The van der Waals surface area contributed by atoms with Crippen LogP contribution in [0.5, 0.6) is 0 Å². The molecule has 0 aliphatic carbocycles. The first-order chi connectivity index (χ1) is 8.56. The molecular formula is C15H11ClO2. The van der Waals surface area contributed by atoms with Crippen LogP contribution < -0.4 is 5.43 Å². The molecule has 0 saturated carbocycles. The molecule has 3 aromatic rings. The first-order valence-corrected chi connectivity index (χ1v) is 6.07. The van der Waals surface area contributed by atoms with Gasteiger partial charge < -0.3 is 4.42 Å². The van der Waals surface area contributed by atoms with Crippen LogP contribution in [0.4, 0.5) is 0 Å². The molecule has 3 heteroatoms. The first-order valence-electron chi connectivity index (χ1n) is 5.69. The molecule has 1 heterocycles. The summed E-state index contributed by atoms with van der Waals surface area (Å²) < 4.78 is 5.74. The van der Waals surface area contributed by atoms with Gasteiger partial charge in [-0.3, -0.25) is 4.79 Å². The summed E-state index contributed by atoms with van der Waals surface area (Å²) >= 11 is 6.13. The molecule has 3 rings (SSSR count). The Balaban J connectivity index is 2.61. The second-order valence-corrected chi connectivity index (χ2v) is 4.96. The average Bonchev–Trinajstić information content (AvgIpc) is 2.32. The van der Waals surface area contributed by atoms with E-state index in [0.717, 1.165) is 11.1 Å². The molecule has 0 spiro atoms. The highest BCUT2D eigenvalue weighted by Gasteiger charge is 2.11. The lowest BCUT2D eigenvalue weighted by Crippen LogP contribution is -2.03. The molecule has 0 fully saturated rings. The Morgan fingerprint density at radius 1 is 1.00 bits per heavy atom. The van der Waals surface area contributed by atoms with E-state index in [4.69, 9.17) is 16.0 Å². The Morgan fingerprint density at radius 3 is 2.50 bits per heavy atom. The zero-order valence-electron chi connectivity index (χ0n) is 10.1. The zero-order chi connectivity index (χ0) is 12.9. The maximum Gasteiger partial charge on any atom is 0.200 e. The molecule has 0 aliphatic rings. The third-order valence-corrected chi connectivity index (χ3v) is 3.31. The molecule has 1 aromatic heterocycles. The van der Waals surface area contributed by atoms with E-state index in [9.17, 15) is 4.79 Å². The van der Waals surface area contributed by atoms with Crippen LogP contribution in [0.15, 0.2) is 39.5 Å². The highest BCUT2D eigenvalue weighted by atomic mass is 35.5. The molecule has 0 saturated heterocycles. The van der Waals surface area contributed by atoms with E-state index in [1.165, 1.54) is 0 Å². The standard InChI is InChI=1S/C15H11ClO2/c1-8-3-4-13-10(5-8)14(17)11-6-9(2)7-12(16)15(11)18-13/h3-7H,1-2H3. The topological polar surface area (TPSA) is 30.2 Å². The zero-order valence-corrected chi connectivity index (χ0v) is 10.8. The monoisotopic (exact) mass is 258 g/mol. The van der Waals surface area contributed by atoms with Gasteiger partial charge in [-0.2, -0.15) is 0 Å². The number of fused-ring (bicyclic) bond motifs is 2. The first kappa shape index (κ1) is 11.3. The van der Waals surface area contributed by atoms with Crippen molar-refractivity contribution in [1.82, 2.24) is 0 Å². The van der Waals surface area contributed by atoms with Crippen molar-refractivity contribution in [3.63, 3.8) is 0 Å². The molecule has 0 N–H and O–H groups in total. The maximum absolute atomic E-state index is 12.4. The highest BCUT2D eigenvalue weighted by molar-refractivity contribution is 6.35. The Bertz CT molecular complexity index is 831. The molecule has 0 unspecified atom stereocenters. The summed E-state index contributed by atoms with van der Waals surface area (Å²) in [4.78, 5) is 12.4. The van der Waals surface area contributed by atoms with Gasteiger partial charge in [0.1, 0.15) is 5.58 Å². The molecule has 90 valence electrons. The molecule has 0 atom stereocenters. The minimum atomic E-state index is -0.0273. The average molecular weight is 259 g/mol. The van der Waals surface area contributed by atoms with Crippen LogP contribution in [-0.4, -0.2) is 0 Å². The van der Waals surface area contributed by atoms with E-state index in [1.807, 2.05) is 38.1 Å². The van der Waals surface area contributed by atoms with Crippen LogP contribution in [0.3, 0.4) is 0 Å². The molecule has 0 amide bonds. The summed E-state index contributed by atoms with van der Waals surface area (Å²) in [7, 11) is 0. The second kappa shape index (κ2) is 3.85. The molecule has 0 aliphatic heterocycles. The van der Waals surface area contributed by atoms with Gasteiger partial charge in [0, 0.05) is 0 Å². The van der Waals surface area contributed by atoms with Gasteiger partial charge in [-0.05, 0) is 43.7 Å². The molecule has 0 bridgehead atoms. The summed E-state index contributed by atoms with van der Waals surface area (Å²) in [5.41, 5.74) is 2.99. The number of halogens is 1. The van der Waals surface area contributed by atoms with Crippen LogP contribution in [-0.2, 0) is 0 Å². The van der Waals surface area contributed by atoms with Crippen molar-refractivity contribution in [2.75, 3.05) is 0 Å². The molecule has 2 aromatic carbocycles. The summed E-state index contributed by atoms with van der Waals surface area (Å²) in [5, 5.41) is 1.62. The number of benzene rings is 2. The Hall–Kier alpha value is -1.80. The smallest absolute Gasteiger partial charge is 0.200 e. The van der Waals surface area contributed by atoms with Crippen LogP contribution in [0, 0.1) is 13.8 Å². The van der Waals surface area contributed by atoms with Gasteiger partial charge in [-0.15, -0.1) is 0 Å². The van der Waals surface area contributed by atoms with E-state index in [-0.39, 0.29) is 5.43 Å². The molecular weight excluding hydrogens is 248 g/mol. The summed E-state index contributed by atoms with van der Waals surface area (Å²) in [5.74, 6) is 0. The van der Waals surface area contributed by atoms with Crippen molar-refractivity contribution in [2.24, 2.45) is 0 Å². The third kappa shape index (κ3) is 1.61. The minimum Gasteiger partial charge on any atom is -0.454 e. The number of aryl methyl sites for hydroxylation is 2. The molecule has 0 radical (unpaired) electrons. The Labute approximate surface area is 109 Å². The lowest BCUT2D eigenvalue weighted by molar-refractivity contribution is 0.660. The van der Waals surface area contributed by atoms with Crippen LogP contribution >= 0.6 is 11.6 Å². The maximum atomic E-state index is 12.4. The molecule has 18 heavy (non-hydrogen) atoms. The number of rotatable bonds is 0. The lowest BCUT2D eigenvalue weighted by atomic mass is 10.1. The van der Waals surface area contributed by atoms with E-state index >= 15 is 0 Å². The van der Waals surface area contributed by atoms with Gasteiger partial charge in [-0.25, -0.2) is 0 Å². The van der Waals surface area contributed by atoms with E-state index in [1.54, 1.807) is 6.07 Å². The van der Waals surface area contributed by atoms with Crippen molar-refractivity contribution >= 4 is 33.5 Å². The van der Waals surface area contributed by atoms with Crippen molar-refractivity contribution in [2.45, 2.75) is 13.8 Å². The summed E-state index contributed by atoms with van der Waals surface area (Å²) in [6.45, 7) is 3.86. The third-order valence-electron chi connectivity index (χ3n) is 3.02. The quantitative estimate of drug-likeness (QED) is 0.565. The van der Waals surface area contributed by atoms with Gasteiger partial charge in [0.25, 0.3) is 0 Å². The fourth-order valence-electron chi connectivity index (χ4n) is 2.17. The SMILES string of the molecule is Cc1ccc2oc3c(Cl)cc(C)cc3c(=O)c2c1. The van der Waals surface area contributed by atoms with Crippen LogP contribution in [0.1, 0.15) is 11.1 Å². The van der Waals surface area contributed by atoms with Gasteiger partial charge in [0.2, 0.25) is 5.43 Å². The highest BCUT2D eigenvalue weighted by Crippen LogP contribution is 2.26. The number of hydrogen-bond acceptors (Lipinski definition) is 2. The minimum absolute atomic E-state index is 0.0273. The fraction of sp³-hybridized carbons (Fsp3) is 0.133. The predicted molar refractivity (Wildman–Crippen MR) is 74.5 cm³/mol. The van der Waals surface area contributed by atoms with Gasteiger partial charge in [0.15, 0.2) is 5.58 Å². The van der Waals surface area contributed by atoms with Crippen LogP contribution in [0.25, 0.3) is 21.9 Å². The van der Waals surface area contributed by atoms with Crippen molar-refractivity contribution in [3.8, 4) is 0 Å². The van der Waals surface area contributed by atoms with Crippen molar-refractivity contribution < 1.29 is 4.42 Å². The normalized spacial score (nSPS) is 11.3. The predicted octanol–water partition coefficient (Wildman–Crippen LogP) is 4.22.